The quantitative estimate of drug-likeness (QED) is 0.575. The third-order valence-electron chi connectivity index (χ3n) is 1.89. The Labute approximate surface area is 82.9 Å². The fourth-order valence-corrected chi connectivity index (χ4v) is 1.02. The molecule has 0 radical (unpaired) electrons. The lowest BCUT2D eigenvalue weighted by molar-refractivity contribution is 0.294. The summed E-state index contributed by atoms with van der Waals surface area (Å²) in [6.07, 6.45) is 1.90. The van der Waals surface area contributed by atoms with Crippen LogP contribution in [-0.2, 0) is 0 Å². The molecular formula is C10H15FN2O. The summed E-state index contributed by atoms with van der Waals surface area (Å²) in [4.78, 5) is 0. The lowest BCUT2D eigenvalue weighted by Gasteiger charge is -2.08. The fraction of sp³-hybridized carbons (Fsp3) is 0.400. The van der Waals surface area contributed by atoms with Gasteiger partial charge in [-0.3, -0.25) is 0 Å². The van der Waals surface area contributed by atoms with Gasteiger partial charge in [0, 0.05) is 12.1 Å². The van der Waals surface area contributed by atoms with Crippen molar-refractivity contribution in [3.8, 4) is 5.75 Å². The van der Waals surface area contributed by atoms with Crippen LogP contribution in [0.25, 0.3) is 0 Å². The standard InChI is InChI=1S/C10H15FN2O/c1-2-3-4-14-10-6-9(13)8(12)5-7(10)11/h5-6H,2-4,12-13H2,1H3. The van der Waals surface area contributed by atoms with Crippen molar-refractivity contribution in [3.63, 3.8) is 0 Å². The Morgan fingerprint density at radius 2 is 1.93 bits per heavy atom. The Bertz CT molecular complexity index is 315. The number of nitrogens with two attached hydrogens (primary N) is 2. The van der Waals surface area contributed by atoms with Crippen molar-refractivity contribution in [1.29, 1.82) is 0 Å². The summed E-state index contributed by atoms with van der Waals surface area (Å²) in [5.41, 5.74) is 11.5. The van der Waals surface area contributed by atoms with Gasteiger partial charge in [-0.15, -0.1) is 0 Å². The molecule has 0 saturated carbocycles. The van der Waals surface area contributed by atoms with E-state index in [0.717, 1.165) is 12.8 Å². The molecule has 1 aromatic rings. The van der Waals surface area contributed by atoms with Gasteiger partial charge in [0.25, 0.3) is 0 Å². The Morgan fingerprint density at radius 1 is 1.29 bits per heavy atom. The van der Waals surface area contributed by atoms with E-state index in [1.165, 1.54) is 12.1 Å². The van der Waals surface area contributed by atoms with Gasteiger partial charge in [-0.1, -0.05) is 13.3 Å². The van der Waals surface area contributed by atoms with Gasteiger partial charge in [-0.05, 0) is 6.42 Å². The van der Waals surface area contributed by atoms with Crippen molar-refractivity contribution in [2.75, 3.05) is 18.1 Å². The molecule has 0 aliphatic rings. The van der Waals surface area contributed by atoms with Crippen LogP contribution in [0.2, 0.25) is 0 Å². The molecular weight excluding hydrogens is 183 g/mol. The molecule has 0 amide bonds. The van der Waals surface area contributed by atoms with Gasteiger partial charge in [0.1, 0.15) is 0 Å². The zero-order valence-electron chi connectivity index (χ0n) is 8.22. The minimum absolute atomic E-state index is 0.171. The number of nitrogen functional groups attached to an aromatic ring is 2. The van der Waals surface area contributed by atoms with Crippen LogP contribution in [-0.4, -0.2) is 6.61 Å². The summed E-state index contributed by atoms with van der Waals surface area (Å²) < 4.78 is 18.4. The molecule has 4 N–H and O–H groups in total. The first-order valence-electron chi connectivity index (χ1n) is 4.62. The van der Waals surface area contributed by atoms with Crippen LogP contribution in [0.1, 0.15) is 19.8 Å². The van der Waals surface area contributed by atoms with Gasteiger partial charge >= 0.3 is 0 Å². The number of halogens is 1. The summed E-state index contributed by atoms with van der Waals surface area (Å²) in [5, 5.41) is 0. The van der Waals surface area contributed by atoms with Crippen molar-refractivity contribution >= 4 is 11.4 Å². The number of hydrogen-bond donors (Lipinski definition) is 2. The second kappa shape index (κ2) is 4.69. The van der Waals surface area contributed by atoms with Crippen LogP contribution in [0.15, 0.2) is 12.1 Å². The number of hydrogen-bond acceptors (Lipinski definition) is 3. The third-order valence-corrected chi connectivity index (χ3v) is 1.89. The van der Waals surface area contributed by atoms with Gasteiger partial charge in [0.05, 0.1) is 18.0 Å². The maximum absolute atomic E-state index is 13.2. The van der Waals surface area contributed by atoms with E-state index in [1.54, 1.807) is 0 Å². The van der Waals surface area contributed by atoms with E-state index in [9.17, 15) is 4.39 Å². The first-order valence-corrected chi connectivity index (χ1v) is 4.62. The maximum Gasteiger partial charge on any atom is 0.167 e. The lowest BCUT2D eigenvalue weighted by Crippen LogP contribution is -2.02. The zero-order valence-corrected chi connectivity index (χ0v) is 8.22. The molecule has 14 heavy (non-hydrogen) atoms. The van der Waals surface area contributed by atoms with E-state index in [-0.39, 0.29) is 11.4 Å². The minimum atomic E-state index is -0.465. The first kappa shape index (κ1) is 10.6. The van der Waals surface area contributed by atoms with Crippen LogP contribution in [0.4, 0.5) is 15.8 Å². The Morgan fingerprint density at radius 3 is 2.57 bits per heavy atom. The number of unbranched alkanes of at least 4 members (excludes halogenated alkanes) is 1. The Hall–Kier alpha value is -1.45. The first-order chi connectivity index (χ1) is 6.65. The molecule has 3 nitrogen and oxygen atoms in total. The molecule has 0 heterocycles. The summed E-state index contributed by atoms with van der Waals surface area (Å²) in [6, 6.07) is 2.59. The summed E-state index contributed by atoms with van der Waals surface area (Å²) in [5.74, 6) is -0.294. The van der Waals surface area contributed by atoms with Crippen molar-refractivity contribution in [1.82, 2.24) is 0 Å². The monoisotopic (exact) mass is 198 g/mol. The average Bonchev–Trinajstić information content (AvgIpc) is 2.14. The van der Waals surface area contributed by atoms with E-state index < -0.39 is 5.82 Å². The number of rotatable bonds is 4. The van der Waals surface area contributed by atoms with Crippen molar-refractivity contribution in [2.24, 2.45) is 0 Å². The normalized spacial score (nSPS) is 10.1. The molecule has 0 aromatic heterocycles. The fourth-order valence-electron chi connectivity index (χ4n) is 1.02. The molecule has 78 valence electrons. The lowest BCUT2D eigenvalue weighted by atomic mass is 10.2. The molecule has 0 aliphatic carbocycles. The van der Waals surface area contributed by atoms with Crippen LogP contribution in [0.5, 0.6) is 5.75 Å². The molecule has 1 rings (SSSR count). The Balaban J connectivity index is 2.72. The SMILES string of the molecule is CCCCOc1cc(N)c(N)cc1F. The third kappa shape index (κ3) is 2.52. The molecule has 0 fully saturated rings. The average molecular weight is 198 g/mol. The highest BCUT2D eigenvalue weighted by Crippen LogP contribution is 2.25. The highest BCUT2D eigenvalue weighted by molar-refractivity contribution is 5.65. The van der Waals surface area contributed by atoms with E-state index in [4.69, 9.17) is 16.2 Å². The largest absolute Gasteiger partial charge is 0.490 e. The van der Waals surface area contributed by atoms with Crippen LogP contribution < -0.4 is 16.2 Å². The van der Waals surface area contributed by atoms with Crippen LogP contribution in [0.3, 0.4) is 0 Å². The van der Waals surface area contributed by atoms with Gasteiger partial charge in [-0.25, -0.2) is 4.39 Å². The van der Waals surface area contributed by atoms with Crippen molar-refractivity contribution < 1.29 is 9.13 Å². The van der Waals surface area contributed by atoms with E-state index in [2.05, 4.69) is 0 Å². The van der Waals surface area contributed by atoms with Crippen LogP contribution >= 0.6 is 0 Å². The molecule has 0 aliphatic heterocycles. The second-order valence-corrected chi connectivity index (χ2v) is 3.11. The number of benzene rings is 1. The highest BCUT2D eigenvalue weighted by atomic mass is 19.1. The number of anilines is 2. The summed E-state index contributed by atoms with van der Waals surface area (Å²) in [7, 11) is 0. The van der Waals surface area contributed by atoms with Gasteiger partial charge in [0.2, 0.25) is 0 Å². The topological polar surface area (TPSA) is 61.3 Å². The molecule has 0 spiro atoms. The minimum Gasteiger partial charge on any atom is -0.490 e. The van der Waals surface area contributed by atoms with E-state index in [0.29, 0.717) is 12.3 Å². The second-order valence-electron chi connectivity index (χ2n) is 3.11. The van der Waals surface area contributed by atoms with E-state index >= 15 is 0 Å². The predicted molar refractivity (Wildman–Crippen MR) is 55.6 cm³/mol. The highest BCUT2D eigenvalue weighted by Gasteiger charge is 2.06. The summed E-state index contributed by atoms with van der Waals surface area (Å²) >= 11 is 0. The van der Waals surface area contributed by atoms with Gasteiger partial charge < -0.3 is 16.2 Å². The van der Waals surface area contributed by atoms with Gasteiger partial charge in [0.15, 0.2) is 11.6 Å². The zero-order chi connectivity index (χ0) is 10.6. The van der Waals surface area contributed by atoms with Crippen molar-refractivity contribution in [2.45, 2.75) is 19.8 Å². The predicted octanol–water partition coefficient (Wildman–Crippen LogP) is 2.17. The maximum atomic E-state index is 13.2. The number of ether oxygens (including phenoxy) is 1. The molecule has 0 atom stereocenters. The molecule has 0 unspecified atom stereocenters. The van der Waals surface area contributed by atoms with E-state index in [1.807, 2.05) is 6.92 Å². The molecule has 0 bridgehead atoms. The molecule has 1 aromatic carbocycles. The Kier molecular flexibility index (Phi) is 3.56. The van der Waals surface area contributed by atoms with Gasteiger partial charge in [-0.2, -0.15) is 0 Å². The van der Waals surface area contributed by atoms with Crippen LogP contribution in [0, 0.1) is 5.82 Å². The molecule has 0 saturated heterocycles. The molecule has 4 heteroatoms. The van der Waals surface area contributed by atoms with Crippen molar-refractivity contribution in [3.05, 3.63) is 17.9 Å². The summed E-state index contributed by atoms with van der Waals surface area (Å²) in [6.45, 7) is 2.54. The smallest absolute Gasteiger partial charge is 0.167 e.